The summed E-state index contributed by atoms with van der Waals surface area (Å²) in [6, 6.07) is 23.3. The van der Waals surface area contributed by atoms with Gasteiger partial charge in [0.2, 0.25) is 0 Å². The summed E-state index contributed by atoms with van der Waals surface area (Å²) in [5.74, 6) is 1.46. The van der Waals surface area contributed by atoms with Crippen LogP contribution in [0.5, 0.6) is 5.75 Å². The van der Waals surface area contributed by atoms with Crippen LogP contribution in [0.1, 0.15) is 5.56 Å². The minimum Gasteiger partial charge on any atom is -0.480 e. The number of amides is 1. The van der Waals surface area contributed by atoms with E-state index >= 15 is 0 Å². The highest BCUT2D eigenvalue weighted by Crippen LogP contribution is 2.29. The minimum absolute atomic E-state index is 0.136. The van der Waals surface area contributed by atoms with Crippen molar-refractivity contribution in [3.63, 3.8) is 0 Å². The fraction of sp³-hybridized carbons (Fsp3) is 0.0909. The molecule has 5 heteroatoms. The van der Waals surface area contributed by atoms with Crippen LogP contribution in [0.25, 0.3) is 22.4 Å². The first-order valence-electron chi connectivity index (χ1n) is 8.87. The van der Waals surface area contributed by atoms with Gasteiger partial charge in [0.15, 0.2) is 6.10 Å². The van der Waals surface area contributed by atoms with Crippen LogP contribution < -0.4 is 10.1 Å². The van der Waals surface area contributed by atoms with Crippen molar-refractivity contribution in [1.29, 1.82) is 0 Å². The Bertz CT molecular complexity index is 1070. The van der Waals surface area contributed by atoms with E-state index in [2.05, 4.69) is 15.3 Å². The molecule has 1 aliphatic rings. The molecule has 2 heterocycles. The number of hydrogen-bond donors (Lipinski definition) is 2. The van der Waals surface area contributed by atoms with Gasteiger partial charge in [-0.25, -0.2) is 4.98 Å². The lowest BCUT2D eigenvalue weighted by molar-refractivity contribution is -0.122. The normalized spacial score (nSPS) is 15.3. The second-order valence-corrected chi connectivity index (χ2v) is 6.59. The summed E-state index contributed by atoms with van der Waals surface area (Å²) >= 11 is 0. The van der Waals surface area contributed by atoms with E-state index in [0.29, 0.717) is 6.42 Å². The number of nitrogens with one attached hydrogen (secondary N) is 2. The molecule has 3 aromatic carbocycles. The molecule has 0 radical (unpaired) electrons. The van der Waals surface area contributed by atoms with E-state index in [4.69, 9.17) is 4.74 Å². The molecule has 5 nitrogen and oxygen atoms in total. The monoisotopic (exact) mass is 355 g/mol. The number of fused-ring (bicyclic) bond motifs is 2. The maximum absolute atomic E-state index is 12.5. The first-order chi connectivity index (χ1) is 13.3. The lowest BCUT2D eigenvalue weighted by Crippen LogP contribution is -2.31. The van der Waals surface area contributed by atoms with Gasteiger partial charge >= 0.3 is 0 Å². The maximum atomic E-state index is 12.5. The number of ether oxygens (including phenoxy) is 1. The van der Waals surface area contributed by atoms with Gasteiger partial charge in [-0.1, -0.05) is 30.3 Å². The van der Waals surface area contributed by atoms with Crippen LogP contribution in [0, 0.1) is 0 Å². The highest BCUT2D eigenvalue weighted by atomic mass is 16.5. The van der Waals surface area contributed by atoms with Crippen molar-refractivity contribution in [2.24, 2.45) is 0 Å². The molecule has 2 N–H and O–H groups in total. The van der Waals surface area contributed by atoms with Gasteiger partial charge in [0.25, 0.3) is 5.91 Å². The smallest absolute Gasteiger partial charge is 0.265 e. The molecule has 1 aromatic heterocycles. The van der Waals surface area contributed by atoms with E-state index in [1.165, 1.54) is 0 Å². The molecule has 0 aliphatic carbocycles. The predicted octanol–water partition coefficient (Wildman–Crippen LogP) is 4.17. The fourth-order valence-electron chi connectivity index (χ4n) is 3.35. The number of aromatic amines is 1. The zero-order chi connectivity index (χ0) is 18.2. The van der Waals surface area contributed by atoms with E-state index < -0.39 is 6.10 Å². The van der Waals surface area contributed by atoms with Crippen molar-refractivity contribution in [2.75, 3.05) is 5.32 Å². The summed E-state index contributed by atoms with van der Waals surface area (Å²) in [4.78, 5) is 20.4. The summed E-state index contributed by atoms with van der Waals surface area (Å²) in [6.45, 7) is 0. The molecule has 132 valence electrons. The van der Waals surface area contributed by atoms with Crippen LogP contribution in [0.3, 0.4) is 0 Å². The number of benzene rings is 3. The van der Waals surface area contributed by atoms with Crippen molar-refractivity contribution in [2.45, 2.75) is 12.5 Å². The SMILES string of the molecule is O=C(Nc1ccc(-c2nc3ccccc3[nH]2)cc1)[C@@H]1Cc2ccccc2O1. The molecular formula is C22H17N3O2. The van der Waals surface area contributed by atoms with E-state index in [0.717, 1.165) is 39.4 Å². The Morgan fingerprint density at radius 2 is 1.78 bits per heavy atom. The molecule has 0 unspecified atom stereocenters. The van der Waals surface area contributed by atoms with Crippen molar-refractivity contribution in [3.8, 4) is 17.1 Å². The number of anilines is 1. The number of carbonyl (C=O) groups is 1. The quantitative estimate of drug-likeness (QED) is 0.579. The summed E-state index contributed by atoms with van der Waals surface area (Å²) in [5.41, 5.74) is 4.71. The third-order valence-corrected chi connectivity index (χ3v) is 4.75. The Kier molecular flexibility index (Phi) is 3.64. The fourth-order valence-corrected chi connectivity index (χ4v) is 3.35. The third-order valence-electron chi connectivity index (χ3n) is 4.75. The average Bonchev–Trinajstić information content (AvgIpc) is 3.32. The molecule has 5 rings (SSSR count). The lowest BCUT2D eigenvalue weighted by atomic mass is 10.1. The lowest BCUT2D eigenvalue weighted by Gasteiger charge is -2.11. The molecule has 1 amide bonds. The van der Waals surface area contributed by atoms with Crippen LogP contribution >= 0.6 is 0 Å². The van der Waals surface area contributed by atoms with E-state index in [1.54, 1.807) is 0 Å². The Morgan fingerprint density at radius 3 is 2.59 bits per heavy atom. The Labute approximate surface area is 156 Å². The molecule has 1 aliphatic heterocycles. The number of para-hydroxylation sites is 3. The molecule has 0 saturated heterocycles. The Morgan fingerprint density at radius 1 is 1.00 bits per heavy atom. The number of hydrogen-bond acceptors (Lipinski definition) is 3. The summed E-state index contributed by atoms with van der Waals surface area (Å²) in [6.07, 6.45) is 0.108. The van der Waals surface area contributed by atoms with Gasteiger partial charge < -0.3 is 15.0 Å². The first-order valence-corrected chi connectivity index (χ1v) is 8.87. The minimum atomic E-state index is -0.488. The van der Waals surface area contributed by atoms with Crippen molar-refractivity contribution in [3.05, 3.63) is 78.4 Å². The first kappa shape index (κ1) is 15.6. The number of aromatic nitrogens is 2. The third kappa shape index (κ3) is 2.93. The number of H-pyrrole nitrogens is 1. The molecule has 27 heavy (non-hydrogen) atoms. The number of nitrogens with zero attached hydrogens (tertiary/aromatic N) is 1. The molecular weight excluding hydrogens is 338 g/mol. The maximum Gasteiger partial charge on any atom is 0.265 e. The van der Waals surface area contributed by atoms with Gasteiger partial charge in [-0.15, -0.1) is 0 Å². The van der Waals surface area contributed by atoms with E-state index in [9.17, 15) is 4.79 Å². The highest BCUT2D eigenvalue weighted by molar-refractivity contribution is 5.95. The van der Waals surface area contributed by atoms with E-state index in [1.807, 2.05) is 72.8 Å². The van der Waals surface area contributed by atoms with Crippen molar-refractivity contribution < 1.29 is 9.53 Å². The number of carbonyl (C=O) groups excluding carboxylic acids is 1. The van der Waals surface area contributed by atoms with Crippen LogP contribution in [-0.4, -0.2) is 22.0 Å². The second-order valence-electron chi connectivity index (χ2n) is 6.59. The molecule has 1 atom stereocenters. The number of rotatable bonds is 3. The standard InChI is InChI=1S/C22H17N3O2/c26-22(20-13-15-5-1-4-8-19(15)27-20)23-16-11-9-14(10-12-16)21-24-17-6-2-3-7-18(17)25-21/h1-12,20H,13H2,(H,23,26)(H,24,25)/t20-/m0/s1. The molecule has 0 saturated carbocycles. The summed E-state index contributed by atoms with van der Waals surface area (Å²) < 4.78 is 5.74. The zero-order valence-electron chi connectivity index (χ0n) is 14.5. The van der Waals surface area contributed by atoms with Crippen LogP contribution in [0.15, 0.2) is 72.8 Å². The largest absolute Gasteiger partial charge is 0.480 e. The summed E-state index contributed by atoms with van der Waals surface area (Å²) in [7, 11) is 0. The van der Waals surface area contributed by atoms with Gasteiger partial charge in [0.1, 0.15) is 11.6 Å². The predicted molar refractivity (Wildman–Crippen MR) is 105 cm³/mol. The Hall–Kier alpha value is -3.60. The van der Waals surface area contributed by atoms with Crippen LogP contribution in [0.4, 0.5) is 5.69 Å². The average molecular weight is 355 g/mol. The van der Waals surface area contributed by atoms with Gasteiger partial charge in [-0.2, -0.15) is 0 Å². The van der Waals surface area contributed by atoms with Crippen molar-refractivity contribution >= 4 is 22.6 Å². The Balaban J connectivity index is 1.30. The van der Waals surface area contributed by atoms with Crippen molar-refractivity contribution in [1.82, 2.24) is 9.97 Å². The highest BCUT2D eigenvalue weighted by Gasteiger charge is 2.28. The molecule has 0 spiro atoms. The van der Waals surface area contributed by atoms with Gasteiger partial charge in [0, 0.05) is 17.7 Å². The van der Waals surface area contributed by atoms with Crippen LogP contribution in [-0.2, 0) is 11.2 Å². The van der Waals surface area contributed by atoms with E-state index in [-0.39, 0.29) is 5.91 Å². The number of imidazole rings is 1. The topological polar surface area (TPSA) is 67.0 Å². The van der Waals surface area contributed by atoms with Crippen LogP contribution in [0.2, 0.25) is 0 Å². The summed E-state index contributed by atoms with van der Waals surface area (Å²) in [5, 5.41) is 2.93. The second kappa shape index (κ2) is 6.29. The molecule has 4 aromatic rings. The van der Waals surface area contributed by atoms with Gasteiger partial charge in [0.05, 0.1) is 11.0 Å². The van der Waals surface area contributed by atoms with Gasteiger partial charge in [-0.05, 0) is 48.0 Å². The molecule has 0 fully saturated rings. The van der Waals surface area contributed by atoms with Gasteiger partial charge in [-0.3, -0.25) is 4.79 Å². The molecule has 0 bridgehead atoms. The zero-order valence-corrected chi connectivity index (χ0v) is 14.5.